The number of aryl methyl sites for hydroxylation is 1. The van der Waals surface area contributed by atoms with Crippen molar-refractivity contribution in [3.05, 3.63) is 58.7 Å². The summed E-state index contributed by atoms with van der Waals surface area (Å²) in [6, 6.07) is 13.8. The van der Waals surface area contributed by atoms with Crippen LogP contribution in [0.5, 0.6) is 11.5 Å². The molecular weight excluding hydrogens is 336 g/mol. The molecule has 4 heteroatoms. The summed E-state index contributed by atoms with van der Waals surface area (Å²) in [6.45, 7) is 4.30. The van der Waals surface area contributed by atoms with Gasteiger partial charge in [0, 0.05) is 31.1 Å². The normalized spacial score (nSPS) is 24.8. The zero-order valence-corrected chi connectivity index (χ0v) is 16.6. The Hall–Kier alpha value is -2.04. The Balaban J connectivity index is 1.63. The number of methoxy groups -OCH3 is 2. The fourth-order valence-corrected chi connectivity index (χ4v) is 4.78. The van der Waals surface area contributed by atoms with E-state index in [1.807, 2.05) is 0 Å². The van der Waals surface area contributed by atoms with Gasteiger partial charge in [-0.2, -0.15) is 0 Å². The Morgan fingerprint density at radius 1 is 1.11 bits per heavy atom. The van der Waals surface area contributed by atoms with E-state index in [0.29, 0.717) is 12.0 Å². The van der Waals surface area contributed by atoms with E-state index in [1.165, 1.54) is 22.3 Å². The molecule has 0 bridgehead atoms. The molecule has 144 valence electrons. The lowest BCUT2D eigenvalue weighted by molar-refractivity contribution is 0.109. The molecule has 0 aliphatic carbocycles. The Morgan fingerprint density at radius 3 is 2.63 bits per heavy atom. The first-order chi connectivity index (χ1) is 13.1. The van der Waals surface area contributed by atoms with Crippen LogP contribution >= 0.6 is 0 Å². The van der Waals surface area contributed by atoms with E-state index in [-0.39, 0.29) is 6.04 Å². The molecule has 2 aromatic rings. The minimum absolute atomic E-state index is 0.164. The predicted octanol–water partition coefficient (Wildman–Crippen LogP) is 3.68. The first kappa shape index (κ1) is 18.3. The second-order valence-corrected chi connectivity index (χ2v) is 7.77. The molecule has 27 heavy (non-hydrogen) atoms. The minimum Gasteiger partial charge on any atom is -0.493 e. The molecule has 4 nitrogen and oxygen atoms in total. The second kappa shape index (κ2) is 7.53. The van der Waals surface area contributed by atoms with Gasteiger partial charge in [0.25, 0.3) is 0 Å². The molecular formula is C23H30N2O2. The monoisotopic (exact) mass is 366 g/mol. The quantitative estimate of drug-likeness (QED) is 0.897. The molecule has 1 saturated heterocycles. The first-order valence-electron chi connectivity index (χ1n) is 9.97. The lowest BCUT2D eigenvalue weighted by Gasteiger charge is -2.46. The summed E-state index contributed by atoms with van der Waals surface area (Å²) in [5.74, 6) is 2.03. The Bertz CT molecular complexity index is 820. The Kier molecular flexibility index (Phi) is 5.11. The number of rotatable bonds is 4. The van der Waals surface area contributed by atoms with E-state index in [0.717, 1.165) is 43.9 Å². The van der Waals surface area contributed by atoms with Gasteiger partial charge in [-0.05, 0) is 53.6 Å². The van der Waals surface area contributed by atoms with E-state index in [4.69, 9.17) is 15.2 Å². The fraction of sp³-hybridized carbons (Fsp3) is 0.478. The van der Waals surface area contributed by atoms with Crippen molar-refractivity contribution < 1.29 is 9.47 Å². The van der Waals surface area contributed by atoms with Crippen LogP contribution in [0.4, 0.5) is 0 Å². The molecule has 0 aromatic heterocycles. The lowest BCUT2D eigenvalue weighted by Crippen LogP contribution is -2.49. The van der Waals surface area contributed by atoms with Crippen LogP contribution in [0.3, 0.4) is 0 Å². The van der Waals surface area contributed by atoms with Crippen molar-refractivity contribution in [1.29, 1.82) is 0 Å². The van der Waals surface area contributed by atoms with Gasteiger partial charge in [-0.3, -0.25) is 4.90 Å². The van der Waals surface area contributed by atoms with Gasteiger partial charge in [0.05, 0.1) is 14.2 Å². The largest absolute Gasteiger partial charge is 0.493 e. The summed E-state index contributed by atoms with van der Waals surface area (Å²) in [7, 11) is 3.40. The van der Waals surface area contributed by atoms with E-state index in [2.05, 4.69) is 48.2 Å². The molecule has 2 N–H and O–H groups in total. The molecule has 2 aliphatic rings. The van der Waals surface area contributed by atoms with Gasteiger partial charge in [-0.1, -0.05) is 31.2 Å². The van der Waals surface area contributed by atoms with Gasteiger partial charge in [0.2, 0.25) is 0 Å². The number of nitrogens with zero attached hydrogens (tertiary/aromatic N) is 1. The van der Waals surface area contributed by atoms with E-state index in [1.54, 1.807) is 14.2 Å². The molecule has 4 rings (SSSR count). The van der Waals surface area contributed by atoms with Crippen LogP contribution in [0.2, 0.25) is 0 Å². The maximum absolute atomic E-state index is 6.71. The highest BCUT2D eigenvalue weighted by molar-refractivity contribution is 5.50. The molecule has 3 atom stereocenters. The van der Waals surface area contributed by atoms with Crippen LogP contribution in [0.15, 0.2) is 36.4 Å². The van der Waals surface area contributed by atoms with Crippen LogP contribution < -0.4 is 15.2 Å². The average Bonchev–Trinajstić information content (AvgIpc) is 2.72. The summed E-state index contributed by atoms with van der Waals surface area (Å²) in [5, 5.41) is 0. The number of hydrogen-bond donors (Lipinski definition) is 1. The van der Waals surface area contributed by atoms with E-state index in [9.17, 15) is 0 Å². The maximum Gasteiger partial charge on any atom is 0.161 e. The van der Waals surface area contributed by atoms with Crippen molar-refractivity contribution in [1.82, 2.24) is 4.90 Å². The third-order valence-electron chi connectivity index (χ3n) is 6.34. The fourth-order valence-electron chi connectivity index (χ4n) is 4.78. The zero-order chi connectivity index (χ0) is 19.0. The van der Waals surface area contributed by atoms with Crippen molar-refractivity contribution in [2.45, 2.75) is 44.2 Å². The Morgan fingerprint density at radius 2 is 1.89 bits per heavy atom. The first-order valence-corrected chi connectivity index (χ1v) is 9.97. The lowest BCUT2D eigenvalue weighted by atomic mass is 9.78. The van der Waals surface area contributed by atoms with Crippen molar-refractivity contribution in [3.63, 3.8) is 0 Å². The summed E-state index contributed by atoms with van der Waals surface area (Å²) >= 11 is 0. The summed E-state index contributed by atoms with van der Waals surface area (Å²) in [5.41, 5.74) is 12.2. The minimum atomic E-state index is 0.164. The number of nitrogens with two attached hydrogens (primary N) is 1. The van der Waals surface area contributed by atoms with E-state index >= 15 is 0 Å². The van der Waals surface area contributed by atoms with Crippen LogP contribution in [-0.2, 0) is 12.8 Å². The summed E-state index contributed by atoms with van der Waals surface area (Å²) < 4.78 is 11.0. The molecule has 2 aliphatic heterocycles. The molecule has 0 amide bonds. The standard InChI is InChI=1S/C23H30N2O2/c1-4-15-6-5-7-16(10-15)19-14-25-9-8-17-11-22(26-2)23(27-3)12-18(17)21(25)13-20(19)24/h5-7,10-12,19-21H,4,8-9,13-14,24H2,1-3H3/t19-,20+,21+/m1/s1. The van der Waals surface area contributed by atoms with Gasteiger partial charge >= 0.3 is 0 Å². The number of benzene rings is 2. The highest BCUT2D eigenvalue weighted by Crippen LogP contribution is 2.44. The molecule has 2 heterocycles. The average molecular weight is 367 g/mol. The molecule has 0 spiro atoms. The van der Waals surface area contributed by atoms with E-state index < -0.39 is 0 Å². The van der Waals surface area contributed by atoms with Gasteiger partial charge in [-0.15, -0.1) is 0 Å². The number of ether oxygens (including phenoxy) is 2. The summed E-state index contributed by atoms with van der Waals surface area (Å²) in [6.07, 6.45) is 3.09. The molecule has 0 unspecified atom stereocenters. The number of fused-ring (bicyclic) bond motifs is 3. The van der Waals surface area contributed by atoms with Gasteiger partial charge in [0.15, 0.2) is 11.5 Å². The Labute approximate surface area is 162 Å². The third-order valence-corrected chi connectivity index (χ3v) is 6.34. The van der Waals surface area contributed by atoms with Crippen molar-refractivity contribution in [3.8, 4) is 11.5 Å². The SMILES string of the molecule is CCc1cccc([C@H]2CN3CCc4cc(OC)c(OC)cc4[C@@H]3C[C@@H]2N)c1. The smallest absolute Gasteiger partial charge is 0.161 e. The highest BCUT2D eigenvalue weighted by Gasteiger charge is 2.38. The topological polar surface area (TPSA) is 47.7 Å². The van der Waals surface area contributed by atoms with Crippen LogP contribution in [-0.4, -0.2) is 38.3 Å². The van der Waals surface area contributed by atoms with Crippen molar-refractivity contribution in [2.75, 3.05) is 27.3 Å². The van der Waals surface area contributed by atoms with Gasteiger partial charge in [-0.25, -0.2) is 0 Å². The molecule has 0 radical (unpaired) electrons. The molecule has 1 fully saturated rings. The van der Waals surface area contributed by atoms with Crippen LogP contribution in [0, 0.1) is 0 Å². The third kappa shape index (κ3) is 3.32. The highest BCUT2D eigenvalue weighted by atomic mass is 16.5. The van der Waals surface area contributed by atoms with Gasteiger partial charge in [0.1, 0.15) is 0 Å². The number of hydrogen-bond acceptors (Lipinski definition) is 4. The molecule has 0 saturated carbocycles. The summed E-state index contributed by atoms with van der Waals surface area (Å²) in [4.78, 5) is 2.61. The maximum atomic E-state index is 6.71. The zero-order valence-electron chi connectivity index (χ0n) is 16.6. The van der Waals surface area contributed by atoms with Crippen LogP contribution in [0.25, 0.3) is 0 Å². The predicted molar refractivity (Wildman–Crippen MR) is 109 cm³/mol. The number of piperidine rings is 1. The molecule has 2 aromatic carbocycles. The van der Waals surface area contributed by atoms with Crippen LogP contribution in [0.1, 0.15) is 47.6 Å². The second-order valence-electron chi connectivity index (χ2n) is 7.77. The van der Waals surface area contributed by atoms with Crippen molar-refractivity contribution >= 4 is 0 Å². The van der Waals surface area contributed by atoms with Crippen molar-refractivity contribution in [2.24, 2.45) is 5.73 Å². The van der Waals surface area contributed by atoms with Gasteiger partial charge < -0.3 is 15.2 Å².